The van der Waals surface area contributed by atoms with Crippen molar-refractivity contribution in [2.24, 2.45) is 5.92 Å². The summed E-state index contributed by atoms with van der Waals surface area (Å²) in [5.74, 6) is 0.665. The zero-order valence-electron chi connectivity index (χ0n) is 11.1. The molecule has 1 rings (SSSR count). The van der Waals surface area contributed by atoms with Gasteiger partial charge in [0, 0.05) is 21.7 Å². The molecule has 1 nitrogen and oxygen atoms in total. The molecule has 0 unspecified atom stereocenters. The normalized spacial score (nSPS) is 11.5. The third-order valence-electron chi connectivity index (χ3n) is 2.29. The maximum Gasteiger partial charge on any atom is 0.0462 e. The van der Waals surface area contributed by atoms with E-state index >= 15 is 0 Å². The van der Waals surface area contributed by atoms with Gasteiger partial charge >= 0.3 is 0 Å². The zero-order valence-corrected chi connectivity index (χ0v) is 12.7. The smallest absolute Gasteiger partial charge is 0.0462 e. The highest BCUT2D eigenvalue weighted by molar-refractivity contribution is 8.00. The number of halogens is 1. The van der Waals surface area contributed by atoms with Gasteiger partial charge in [0.2, 0.25) is 0 Å². The summed E-state index contributed by atoms with van der Waals surface area (Å²) >= 11 is 8.15. The van der Waals surface area contributed by atoms with Crippen LogP contribution in [0.1, 0.15) is 33.3 Å². The van der Waals surface area contributed by atoms with E-state index < -0.39 is 0 Å². The molecular weight excluding hydrogens is 250 g/mol. The van der Waals surface area contributed by atoms with E-state index in [1.807, 2.05) is 23.9 Å². The van der Waals surface area contributed by atoms with E-state index in [0.717, 1.165) is 18.1 Å². The van der Waals surface area contributed by atoms with E-state index in [0.29, 0.717) is 11.2 Å². The summed E-state index contributed by atoms with van der Waals surface area (Å²) in [5.41, 5.74) is 1.23. The van der Waals surface area contributed by atoms with Crippen LogP contribution in [0.4, 0.5) is 0 Å². The zero-order chi connectivity index (χ0) is 12.8. The summed E-state index contributed by atoms with van der Waals surface area (Å²) in [6.45, 7) is 10.7. The first-order valence-electron chi connectivity index (χ1n) is 6.15. The quantitative estimate of drug-likeness (QED) is 0.760. The molecule has 0 radical (unpaired) electrons. The molecule has 0 fully saturated rings. The minimum Gasteiger partial charge on any atom is -0.312 e. The Kier molecular flexibility index (Phi) is 6.39. The molecule has 3 heteroatoms. The number of thioether (sulfide) groups is 1. The fourth-order valence-electron chi connectivity index (χ4n) is 1.56. The molecule has 0 saturated carbocycles. The first kappa shape index (κ1) is 14.9. The molecule has 96 valence electrons. The van der Waals surface area contributed by atoms with Crippen molar-refractivity contribution in [3.05, 3.63) is 28.8 Å². The van der Waals surface area contributed by atoms with Crippen molar-refractivity contribution in [1.29, 1.82) is 0 Å². The highest BCUT2D eigenvalue weighted by Gasteiger charge is 2.09. The van der Waals surface area contributed by atoms with Crippen LogP contribution in [0.15, 0.2) is 23.1 Å². The van der Waals surface area contributed by atoms with Gasteiger partial charge in [0.05, 0.1) is 0 Å². The number of nitrogens with one attached hydrogen (secondary N) is 1. The summed E-state index contributed by atoms with van der Waals surface area (Å²) < 4.78 is 0. The van der Waals surface area contributed by atoms with E-state index in [1.165, 1.54) is 10.5 Å². The summed E-state index contributed by atoms with van der Waals surface area (Å²) in [5, 5.41) is 4.91. The lowest BCUT2D eigenvalue weighted by molar-refractivity contribution is 0.550. The van der Waals surface area contributed by atoms with E-state index in [4.69, 9.17) is 11.6 Å². The Bertz CT molecular complexity index is 350. The second-order valence-corrected chi connectivity index (χ2v) is 6.93. The summed E-state index contributed by atoms with van der Waals surface area (Å²) in [7, 11) is 0. The molecule has 1 aromatic rings. The Hall–Kier alpha value is -0.180. The van der Waals surface area contributed by atoms with Gasteiger partial charge in [-0.3, -0.25) is 0 Å². The second kappa shape index (κ2) is 7.30. The standard InChI is InChI=1S/C14H22ClNS/c1-10(2)8-16-9-12-13(15)6-5-7-14(12)17-11(3)4/h5-7,10-11,16H,8-9H2,1-4H3. The van der Waals surface area contributed by atoms with Gasteiger partial charge in [-0.1, -0.05) is 45.4 Å². The van der Waals surface area contributed by atoms with Crippen molar-refractivity contribution < 1.29 is 0 Å². The lowest BCUT2D eigenvalue weighted by Gasteiger charge is -2.14. The molecule has 0 bridgehead atoms. The predicted molar refractivity (Wildman–Crippen MR) is 79.0 cm³/mol. The summed E-state index contributed by atoms with van der Waals surface area (Å²) in [6.07, 6.45) is 0. The summed E-state index contributed by atoms with van der Waals surface area (Å²) in [6, 6.07) is 6.15. The number of benzene rings is 1. The number of rotatable bonds is 6. The molecule has 0 spiro atoms. The number of hydrogen-bond acceptors (Lipinski definition) is 2. The molecule has 0 saturated heterocycles. The monoisotopic (exact) mass is 271 g/mol. The minimum atomic E-state index is 0.581. The van der Waals surface area contributed by atoms with Gasteiger partial charge in [0.1, 0.15) is 0 Å². The largest absolute Gasteiger partial charge is 0.312 e. The van der Waals surface area contributed by atoms with Crippen molar-refractivity contribution >= 4 is 23.4 Å². The van der Waals surface area contributed by atoms with Crippen LogP contribution >= 0.6 is 23.4 Å². The van der Waals surface area contributed by atoms with Gasteiger partial charge in [-0.2, -0.15) is 0 Å². The van der Waals surface area contributed by atoms with Crippen LogP contribution in [0.3, 0.4) is 0 Å². The second-order valence-electron chi connectivity index (χ2n) is 4.91. The Balaban J connectivity index is 2.73. The molecule has 0 amide bonds. The van der Waals surface area contributed by atoms with Crippen LogP contribution in [0.2, 0.25) is 5.02 Å². The fraction of sp³-hybridized carbons (Fsp3) is 0.571. The molecule has 0 aliphatic carbocycles. The topological polar surface area (TPSA) is 12.0 Å². The van der Waals surface area contributed by atoms with Crippen LogP contribution in [0.5, 0.6) is 0 Å². The lowest BCUT2D eigenvalue weighted by atomic mass is 10.2. The lowest BCUT2D eigenvalue weighted by Crippen LogP contribution is -2.19. The molecule has 0 aliphatic rings. The van der Waals surface area contributed by atoms with Gasteiger partial charge in [0.25, 0.3) is 0 Å². The molecule has 0 aromatic heterocycles. The van der Waals surface area contributed by atoms with Crippen LogP contribution in [0.25, 0.3) is 0 Å². The van der Waals surface area contributed by atoms with Gasteiger partial charge in [0.15, 0.2) is 0 Å². The fourth-order valence-corrected chi connectivity index (χ4v) is 2.85. The third kappa shape index (κ3) is 5.33. The Labute approximate surface area is 114 Å². The van der Waals surface area contributed by atoms with Crippen LogP contribution in [-0.2, 0) is 6.54 Å². The van der Waals surface area contributed by atoms with E-state index in [2.05, 4.69) is 39.1 Å². The van der Waals surface area contributed by atoms with Crippen LogP contribution in [0, 0.1) is 5.92 Å². The minimum absolute atomic E-state index is 0.581. The maximum absolute atomic E-state index is 6.27. The van der Waals surface area contributed by atoms with E-state index in [-0.39, 0.29) is 0 Å². The highest BCUT2D eigenvalue weighted by Crippen LogP contribution is 2.31. The first-order valence-corrected chi connectivity index (χ1v) is 7.41. The molecule has 0 heterocycles. The molecule has 0 atom stereocenters. The Morgan fingerprint density at radius 2 is 1.94 bits per heavy atom. The molecule has 1 N–H and O–H groups in total. The maximum atomic E-state index is 6.27. The molecule has 17 heavy (non-hydrogen) atoms. The van der Waals surface area contributed by atoms with Crippen molar-refractivity contribution in [2.75, 3.05) is 6.54 Å². The van der Waals surface area contributed by atoms with E-state index in [9.17, 15) is 0 Å². The van der Waals surface area contributed by atoms with Crippen LogP contribution in [-0.4, -0.2) is 11.8 Å². The van der Waals surface area contributed by atoms with Crippen molar-refractivity contribution in [3.8, 4) is 0 Å². The average Bonchev–Trinajstić information content (AvgIpc) is 2.21. The van der Waals surface area contributed by atoms with Gasteiger partial charge in [-0.15, -0.1) is 11.8 Å². The van der Waals surface area contributed by atoms with Crippen molar-refractivity contribution in [1.82, 2.24) is 5.32 Å². The van der Waals surface area contributed by atoms with Crippen molar-refractivity contribution in [2.45, 2.75) is 44.4 Å². The highest BCUT2D eigenvalue weighted by atomic mass is 35.5. The average molecular weight is 272 g/mol. The molecular formula is C14H22ClNS. The van der Waals surface area contributed by atoms with Gasteiger partial charge in [-0.05, 0) is 30.2 Å². The Morgan fingerprint density at radius 1 is 1.24 bits per heavy atom. The molecule has 0 aliphatic heterocycles. The number of hydrogen-bond donors (Lipinski definition) is 1. The molecule has 1 aromatic carbocycles. The predicted octanol–water partition coefficient (Wildman–Crippen LogP) is 4.59. The van der Waals surface area contributed by atoms with Gasteiger partial charge in [-0.25, -0.2) is 0 Å². The van der Waals surface area contributed by atoms with Crippen LogP contribution < -0.4 is 5.32 Å². The van der Waals surface area contributed by atoms with Crippen molar-refractivity contribution in [3.63, 3.8) is 0 Å². The first-order chi connectivity index (χ1) is 8.00. The van der Waals surface area contributed by atoms with Gasteiger partial charge < -0.3 is 5.32 Å². The third-order valence-corrected chi connectivity index (χ3v) is 3.75. The Morgan fingerprint density at radius 3 is 2.53 bits per heavy atom. The van der Waals surface area contributed by atoms with E-state index in [1.54, 1.807) is 0 Å². The SMILES string of the molecule is CC(C)CNCc1c(Cl)cccc1SC(C)C. The summed E-state index contributed by atoms with van der Waals surface area (Å²) in [4.78, 5) is 1.30.